The molecule has 0 bridgehead atoms. The van der Waals surface area contributed by atoms with Crippen molar-refractivity contribution in [3.8, 4) is 5.69 Å². The Morgan fingerprint density at radius 1 is 0.867 bits per heavy atom. The zero-order valence-corrected chi connectivity index (χ0v) is 29.0. The van der Waals surface area contributed by atoms with Crippen molar-refractivity contribution in [2.75, 3.05) is 0 Å². The zero-order chi connectivity index (χ0) is 30.2. The second-order valence-electron chi connectivity index (χ2n) is 13.1. The maximum Gasteiger partial charge on any atom is 2.00 e. The Balaban J connectivity index is 0.00000325. The molecule has 0 unspecified atom stereocenters. The molecule has 0 N–H and O–H groups in total. The van der Waals surface area contributed by atoms with Gasteiger partial charge in [-0.25, -0.2) is 4.98 Å². The number of benzene rings is 4. The van der Waals surface area contributed by atoms with Crippen LogP contribution in [0.4, 0.5) is 0 Å². The number of aromatic nitrogens is 2. The summed E-state index contributed by atoms with van der Waals surface area (Å²) in [7, 11) is 0. The number of ether oxygens (including phenoxy) is 1. The first-order chi connectivity index (χ1) is 21.2. The Labute approximate surface area is 283 Å². The quantitative estimate of drug-likeness (QED) is 0.167. The Morgan fingerprint density at radius 2 is 1.69 bits per heavy atom. The van der Waals surface area contributed by atoms with Crippen LogP contribution in [0.2, 0.25) is 0 Å². The van der Waals surface area contributed by atoms with Crippen molar-refractivity contribution in [3.63, 3.8) is 0 Å². The predicted molar refractivity (Wildman–Crippen MR) is 179 cm³/mol. The van der Waals surface area contributed by atoms with Gasteiger partial charge < -0.3 is 9.30 Å². The molecule has 0 saturated heterocycles. The number of aliphatic imine (C=N–C) groups is 1. The molecular weight excluding hydrogens is 754 g/mol. The Bertz CT molecular complexity index is 2140. The van der Waals surface area contributed by atoms with E-state index in [9.17, 15) is 0 Å². The molecule has 0 saturated carbocycles. The van der Waals surface area contributed by atoms with Crippen LogP contribution in [0.5, 0.6) is 0 Å². The van der Waals surface area contributed by atoms with Crippen LogP contribution in [-0.2, 0) is 37.6 Å². The fraction of sp³-hybridized carbons (Fsp3) is 0.231. The van der Waals surface area contributed by atoms with Gasteiger partial charge in [-0.3, -0.25) is 4.99 Å². The van der Waals surface area contributed by atoms with E-state index in [1.54, 1.807) is 11.8 Å². The van der Waals surface area contributed by atoms with Gasteiger partial charge in [-0.15, -0.1) is 58.1 Å². The summed E-state index contributed by atoms with van der Waals surface area (Å²) in [5, 5.41) is 2.36. The molecule has 45 heavy (non-hydrogen) atoms. The van der Waals surface area contributed by atoms with E-state index < -0.39 is 0 Å². The van der Waals surface area contributed by atoms with Crippen LogP contribution in [0.15, 0.2) is 99.8 Å². The number of hydrogen-bond donors (Lipinski definition) is 0. The molecule has 0 spiro atoms. The molecule has 6 aromatic rings. The van der Waals surface area contributed by atoms with Crippen LogP contribution >= 0.6 is 11.8 Å². The van der Waals surface area contributed by atoms with Crippen molar-refractivity contribution in [1.82, 2.24) is 9.55 Å². The van der Waals surface area contributed by atoms with Gasteiger partial charge in [0.1, 0.15) is 23.7 Å². The van der Waals surface area contributed by atoms with E-state index in [-0.39, 0.29) is 38.6 Å². The molecule has 2 atom stereocenters. The van der Waals surface area contributed by atoms with Crippen LogP contribution in [-0.4, -0.2) is 21.6 Å². The summed E-state index contributed by atoms with van der Waals surface area (Å²) in [6, 6.07) is 35.7. The third kappa shape index (κ3) is 5.34. The third-order valence-electron chi connectivity index (χ3n) is 8.72. The fourth-order valence-corrected chi connectivity index (χ4v) is 7.52. The molecule has 226 valence electrons. The van der Waals surface area contributed by atoms with Crippen LogP contribution in [0, 0.1) is 26.0 Å². The third-order valence-corrected chi connectivity index (χ3v) is 9.60. The van der Waals surface area contributed by atoms with Gasteiger partial charge in [0, 0.05) is 23.4 Å². The summed E-state index contributed by atoms with van der Waals surface area (Å²) in [6.07, 6.45) is 2.84. The van der Waals surface area contributed by atoms with Crippen LogP contribution < -0.4 is 0 Å². The van der Waals surface area contributed by atoms with Gasteiger partial charge in [0.25, 0.3) is 0 Å². The topological polar surface area (TPSA) is 39.4 Å². The molecule has 2 aromatic heterocycles. The molecule has 3 heterocycles. The second-order valence-corrected chi connectivity index (χ2v) is 14.2. The van der Waals surface area contributed by atoms with Gasteiger partial charge >= 0.3 is 21.1 Å². The fourth-order valence-electron chi connectivity index (χ4n) is 6.54. The average Bonchev–Trinajstić information content (AvgIpc) is 3.66. The van der Waals surface area contributed by atoms with Gasteiger partial charge in [0.05, 0.1) is 5.52 Å². The Kier molecular flexibility index (Phi) is 7.53. The Hall–Kier alpha value is -3.66. The minimum Gasteiger partial charge on any atom is -0.514 e. The monoisotopic (exact) mass is 786 g/mol. The number of nitrogens with zero attached hydrogens (tertiary/aromatic N) is 3. The number of pyridine rings is 1. The van der Waals surface area contributed by atoms with Crippen LogP contribution in [0.25, 0.3) is 27.6 Å². The summed E-state index contributed by atoms with van der Waals surface area (Å²) in [5.74, 6) is 0.694. The molecule has 1 aliphatic carbocycles. The summed E-state index contributed by atoms with van der Waals surface area (Å²) >= 11 is 1.68. The van der Waals surface area contributed by atoms with E-state index in [1.807, 2.05) is 12.3 Å². The molecule has 1 aliphatic heterocycles. The number of aryl methyl sites for hydroxylation is 2. The number of fused-ring (bicyclic) bond motifs is 6. The van der Waals surface area contributed by atoms with Crippen molar-refractivity contribution >= 4 is 39.6 Å². The summed E-state index contributed by atoms with van der Waals surface area (Å²) in [6.45, 7) is 11.0. The molecule has 8 rings (SSSR count). The zero-order valence-electron chi connectivity index (χ0n) is 25.9. The minimum atomic E-state index is -0.0517. The Morgan fingerprint density at radius 3 is 2.53 bits per heavy atom. The molecule has 4 aromatic carbocycles. The van der Waals surface area contributed by atoms with Gasteiger partial charge in [-0.05, 0) is 47.7 Å². The van der Waals surface area contributed by atoms with E-state index in [2.05, 4.69) is 124 Å². The number of rotatable bonds is 4. The van der Waals surface area contributed by atoms with Crippen molar-refractivity contribution in [2.45, 2.75) is 68.4 Å². The first-order valence-corrected chi connectivity index (χ1v) is 16.0. The molecule has 2 aliphatic rings. The second kappa shape index (κ2) is 11.3. The van der Waals surface area contributed by atoms with Crippen molar-refractivity contribution in [1.29, 1.82) is 0 Å². The SMILES string of the molecule is Cc1cc(Sc2[c-]c(-n3c4ccc(C)cc4c4cccnc43)cc(C(C)(C)C)c2)[c-]c(C2=N[C@@H]3c4ccccc4C[C@@H]3O2)c1.[Pt+2]. The molecule has 6 heteroatoms. The van der Waals surface area contributed by atoms with E-state index in [0.29, 0.717) is 5.90 Å². The maximum absolute atomic E-state index is 6.43. The smallest absolute Gasteiger partial charge is 0.514 e. The molecular formula is C39H33N3OPtS. The van der Waals surface area contributed by atoms with E-state index in [4.69, 9.17) is 14.7 Å². The summed E-state index contributed by atoms with van der Waals surface area (Å²) < 4.78 is 8.68. The summed E-state index contributed by atoms with van der Waals surface area (Å²) in [5.41, 5.74) is 10.2. The first kappa shape index (κ1) is 30.0. The average molecular weight is 787 g/mol. The van der Waals surface area contributed by atoms with Crippen molar-refractivity contribution in [2.24, 2.45) is 4.99 Å². The predicted octanol–water partition coefficient (Wildman–Crippen LogP) is 9.28. The molecule has 0 fully saturated rings. The van der Waals surface area contributed by atoms with Gasteiger partial charge in [0.15, 0.2) is 0 Å². The van der Waals surface area contributed by atoms with Crippen molar-refractivity contribution in [3.05, 3.63) is 131 Å². The van der Waals surface area contributed by atoms with Crippen LogP contribution in [0.3, 0.4) is 0 Å². The van der Waals surface area contributed by atoms with E-state index in [1.165, 1.54) is 27.6 Å². The van der Waals surface area contributed by atoms with Gasteiger partial charge in [-0.1, -0.05) is 79.7 Å². The molecule has 4 nitrogen and oxygen atoms in total. The normalized spacial score (nSPS) is 17.1. The minimum absolute atomic E-state index is 0. The number of hydrogen-bond acceptors (Lipinski definition) is 4. The standard InChI is InChI=1S/C39H33N3OS.Pt/c1-23-12-13-34-33(17-23)32-11-8-14-40-37(32)42(34)28-20-27(39(3,4)5)21-30(22-28)44-29-16-24(2)15-26(18-29)38-41-36-31-10-7-6-9-25(31)19-35(36)43-38;/h6-17,20-21,35-36H,19H2,1-5H3;/q-2;+2/t35-,36+;/m0./s1. The van der Waals surface area contributed by atoms with Crippen LogP contribution in [0.1, 0.15) is 60.2 Å². The summed E-state index contributed by atoms with van der Waals surface area (Å²) in [4.78, 5) is 11.9. The molecule has 0 radical (unpaired) electrons. The molecule has 0 amide bonds. The van der Waals surface area contributed by atoms with Gasteiger partial charge in [-0.2, -0.15) is 6.07 Å². The first-order valence-electron chi connectivity index (χ1n) is 15.2. The van der Waals surface area contributed by atoms with Crippen molar-refractivity contribution < 1.29 is 25.8 Å². The maximum atomic E-state index is 6.43. The van der Waals surface area contributed by atoms with E-state index >= 15 is 0 Å². The largest absolute Gasteiger partial charge is 2.00 e. The van der Waals surface area contributed by atoms with E-state index in [0.717, 1.165) is 49.6 Å². The van der Waals surface area contributed by atoms with Gasteiger partial charge in [0.2, 0.25) is 0 Å².